The fraction of sp³-hybridized carbons (Fsp3) is 0.800. The van der Waals surface area contributed by atoms with E-state index in [9.17, 15) is 0 Å². The second kappa shape index (κ2) is 11.4. The Bertz CT molecular complexity index is 315. The Morgan fingerprint density at radius 1 is 1.11 bits per heavy atom. The highest BCUT2D eigenvalue weighted by Crippen LogP contribution is 2.20. The summed E-state index contributed by atoms with van der Waals surface area (Å²) in [6.07, 6.45) is 13.7. The molecule has 0 spiro atoms. The zero-order valence-corrected chi connectivity index (χ0v) is 13.0. The van der Waals surface area contributed by atoms with Gasteiger partial charge in [0.2, 0.25) is 0 Å². The monoisotopic (exact) mass is 284 g/mol. The number of aliphatic hydroxyl groups excluding tert-OH is 1. The molecule has 0 saturated heterocycles. The van der Waals surface area contributed by atoms with Crippen molar-refractivity contribution in [3.63, 3.8) is 0 Å². The molecule has 0 saturated carbocycles. The van der Waals surface area contributed by atoms with Crippen molar-refractivity contribution in [3.05, 3.63) is 12.5 Å². The van der Waals surface area contributed by atoms with Gasteiger partial charge < -0.3 is 9.67 Å². The van der Waals surface area contributed by atoms with Crippen molar-refractivity contribution in [1.82, 2.24) is 9.55 Å². The van der Waals surface area contributed by atoms with Gasteiger partial charge in [0.05, 0.1) is 17.6 Å². The molecular weight excluding hydrogens is 256 g/mol. The molecule has 0 aliphatic carbocycles. The molecule has 4 heteroatoms. The number of rotatable bonds is 12. The molecule has 1 aromatic heterocycles. The molecule has 0 aliphatic rings. The number of nitrogens with zero attached hydrogens (tertiary/aromatic N) is 2. The summed E-state index contributed by atoms with van der Waals surface area (Å²) in [7, 11) is 0. The van der Waals surface area contributed by atoms with Gasteiger partial charge in [0.1, 0.15) is 0 Å². The zero-order chi connectivity index (χ0) is 13.8. The number of aliphatic hydroxyl groups is 1. The molecule has 0 unspecified atom stereocenters. The van der Waals surface area contributed by atoms with Crippen molar-refractivity contribution in [3.8, 4) is 0 Å². The van der Waals surface area contributed by atoms with Crippen molar-refractivity contribution in [2.24, 2.45) is 0 Å². The van der Waals surface area contributed by atoms with Crippen LogP contribution in [0.15, 0.2) is 17.6 Å². The maximum Gasteiger partial charge on any atom is 0.0954 e. The summed E-state index contributed by atoms with van der Waals surface area (Å²) in [6.45, 7) is 3.68. The van der Waals surface area contributed by atoms with Crippen LogP contribution in [0.1, 0.15) is 58.3 Å². The molecule has 0 amide bonds. The average Bonchev–Trinajstić information content (AvgIpc) is 2.86. The molecule has 3 nitrogen and oxygen atoms in total. The number of aryl methyl sites for hydroxylation is 1. The number of unbranched alkanes of at least 4 members (excludes halogenated alkanes) is 6. The summed E-state index contributed by atoms with van der Waals surface area (Å²) in [4.78, 5) is 4.26. The Morgan fingerprint density at radius 2 is 1.89 bits per heavy atom. The number of imidazole rings is 1. The van der Waals surface area contributed by atoms with Crippen LogP contribution in [0.25, 0.3) is 0 Å². The van der Waals surface area contributed by atoms with E-state index < -0.39 is 0 Å². The second-order valence-corrected chi connectivity index (χ2v) is 6.09. The van der Waals surface area contributed by atoms with Crippen molar-refractivity contribution >= 4 is 11.8 Å². The predicted molar refractivity (Wildman–Crippen MR) is 82.6 cm³/mol. The summed E-state index contributed by atoms with van der Waals surface area (Å²) >= 11 is 1.91. The SMILES string of the molecule is CCCCCCn1cncc1SCCCCCCO. The van der Waals surface area contributed by atoms with Crippen molar-refractivity contribution in [1.29, 1.82) is 0 Å². The summed E-state index contributed by atoms with van der Waals surface area (Å²) in [5.74, 6) is 1.16. The summed E-state index contributed by atoms with van der Waals surface area (Å²) < 4.78 is 2.29. The first-order valence-electron chi connectivity index (χ1n) is 7.62. The van der Waals surface area contributed by atoms with Gasteiger partial charge in [-0.2, -0.15) is 0 Å². The van der Waals surface area contributed by atoms with Crippen LogP contribution in [0.5, 0.6) is 0 Å². The molecule has 1 N–H and O–H groups in total. The first kappa shape index (κ1) is 16.6. The molecule has 1 aromatic rings. The molecular formula is C15H28N2OS. The highest BCUT2D eigenvalue weighted by molar-refractivity contribution is 7.99. The van der Waals surface area contributed by atoms with Gasteiger partial charge in [-0.1, -0.05) is 39.0 Å². The average molecular weight is 284 g/mol. The van der Waals surface area contributed by atoms with E-state index in [0.717, 1.165) is 25.1 Å². The van der Waals surface area contributed by atoms with Gasteiger partial charge in [-0.25, -0.2) is 4.98 Å². The number of aromatic nitrogens is 2. The predicted octanol–water partition coefficient (Wildman–Crippen LogP) is 4.11. The van der Waals surface area contributed by atoms with E-state index in [0.29, 0.717) is 6.61 Å². The zero-order valence-electron chi connectivity index (χ0n) is 12.2. The fourth-order valence-corrected chi connectivity index (χ4v) is 3.05. The smallest absolute Gasteiger partial charge is 0.0954 e. The van der Waals surface area contributed by atoms with Crippen LogP contribution in [0.2, 0.25) is 0 Å². The lowest BCUT2D eigenvalue weighted by atomic mass is 10.2. The van der Waals surface area contributed by atoms with E-state index >= 15 is 0 Å². The van der Waals surface area contributed by atoms with Crippen molar-refractivity contribution in [2.75, 3.05) is 12.4 Å². The van der Waals surface area contributed by atoms with Crippen LogP contribution >= 0.6 is 11.8 Å². The van der Waals surface area contributed by atoms with Crippen molar-refractivity contribution < 1.29 is 5.11 Å². The Hall–Kier alpha value is -0.480. The van der Waals surface area contributed by atoms with E-state index in [1.165, 1.54) is 43.6 Å². The molecule has 1 heterocycles. The van der Waals surface area contributed by atoms with E-state index in [1.54, 1.807) is 0 Å². The molecule has 0 atom stereocenters. The standard InChI is InChI=1S/C15H28N2OS/c1-2-3-4-7-10-17-14-16-13-15(17)19-12-9-6-5-8-11-18/h13-14,18H,2-12H2,1H3. The number of thioether (sulfide) groups is 1. The minimum Gasteiger partial charge on any atom is -0.396 e. The topological polar surface area (TPSA) is 38.0 Å². The van der Waals surface area contributed by atoms with Gasteiger partial charge in [0, 0.05) is 13.2 Å². The van der Waals surface area contributed by atoms with Crippen LogP contribution in [0.4, 0.5) is 0 Å². The van der Waals surface area contributed by atoms with Crippen molar-refractivity contribution in [2.45, 2.75) is 69.9 Å². The normalized spacial score (nSPS) is 11.1. The first-order valence-corrected chi connectivity index (χ1v) is 8.60. The number of hydrogen-bond acceptors (Lipinski definition) is 3. The van der Waals surface area contributed by atoms with Gasteiger partial charge in [-0.3, -0.25) is 0 Å². The van der Waals surface area contributed by atoms with Gasteiger partial charge >= 0.3 is 0 Å². The highest BCUT2D eigenvalue weighted by Gasteiger charge is 2.02. The van der Waals surface area contributed by atoms with Crippen LogP contribution in [0.3, 0.4) is 0 Å². The molecule has 0 fully saturated rings. The fourth-order valence-electron chi connectivity index (χ4n) is 2.05. The molecule has 1 rings (SSSR count). The third kappa shape index (κ3) is 7.63. The second-order valence-electron chi connectivity index (χ2n) is 4.97. The highest BCUT2D eigenvalue weighted by atomic mass is 32.2. The third-order valence-electron chi connectivity index (χ3n) is 3.23. The molecule has 0 radical (unpaired) electrons. The molecule has 0 bridgehead atoms. The van der Waals surface area contributed by atoms with Gasteiger partial charge in [0.15, 0.2) is 0 Å². The summed E-state index contributed by atoms with van der Waals surface area (Å²) in [5.41, 5.74) is 0. The lowest BCUT2D eigenvalue weighted by molar-refractivity contribution is 0.283. The summed E-state index contributed by atoms with van der Waals surface area (Å²) in [5, 5.41) is 10.0. The summed E-state index contributed by atoms with van der Waals surface area (Å²) in [6, 6.07) is 0. The maximum atomic E-state index is 8.71. The maximum absolute atomic E-state index is 8.71. The van der Waals surface area contributed by atoms with E-state index in [1.807, 2.05) is 24.3 Å². The van der Waals surface area contributed by atoms with E-state index in [4.69, 9.17) is 5.11 Å². The first-order chi connectivity index (χ1) is 9.38. The van der Waals surface area contributed by atoms with Crippen LogP contribution in [0, 0.1) is 0 Å². The Balaban J connectivity index is 2.13. The number of hydrogen-bond donors (Lipinski definition) is 1. The van der Waals surface area contributed by atoms with Crippen LogP contribution in [-0.4, -0.2) is 27.0 Å². The molecule has 0 aliphatic heterocycles. The Labute approximate surface area is 121 Å². The Kier molecular flexibility index (Phi) is 9.91. The van der Waals surface area contributed by atoms with Gasteiger partial charge in [-0.15, -0.1) is 11.8 Å². The molecule has 110 valence electrons. The third-order valence-corrected chi connectivity index (χ3v) is 4.36. The van der Waals surface area contributed by atoms with Gasteiger partial charge in [-0.05, 0) is 25.0 Å². The van der Waals surface area contributed by atoms with E-state index in [-0.39, 0.29) is 0 Å². The van der Waals surface area contributed by atoms with E-state index in [2.05, 4.69) is 16.5 Å². The van der Waals surface area contributed by atoms with Crippen LogP contribution < -0.4 is 0 Å². The largest absolute Gasteiger partial charge is 0.396 e. The lowest BCUT2D eigenvalue weighted by Gasteiger charge is -2.07. The van der Waals surface area contributed by atoms with Crippen LogP contribution in [-0.2, 0) is 6.54 Å². The molecule has 19 heavy (non-hydrogen) atoms. The Morgan fingerprint density at radius 3 is 2.68 bits per heavy atom. The minimum atomic E-state index is 0.331. The lowest BCUT2D eigenvalue weighted by Crippen LogP contribution is -1.98. The quantitative estimate of drug-likeness (QED) is 0.464. The van der Waals surface area contributed by atoms with Gasteiger partial charge in [0.25, 0.3) is 0 Å². The molecule has 0 aromatic carbocycles. The minimum absolute atomic E-state index is 0.331.